The maximum atomic E-state index is 13.8. The van der Waals surface area contributed by atoms with Gasteiger partial charge in [-0.05, 0) is 80.8 Å². The molecule has 3 saturated carbocycles. The molecule has 1 saturated heterocycles. The van der Waals surface area contributed by atoms with Gasteiger partial charge in [0.25, 0.3) is 11.9 Å². The monoisotopic (exact) mass is 584 g/mol. The van der Waals surface area contributed by atoms with Gasteiger partial charge in [0.05, 0.1) is 17.6 Å². The van der Waals surface area contributed by atoms with E-state index in [0.717, 1.165) is 18.4 Å². The number of amides is 2. The van der Waals surface area contributed by atoms with Crippen molar-refractivity contribution >= 4 is 24.9 Å². The molecule has 230 valence electrons. The Labute approximate surface area is 248 Å². The van der Waals surface area contributed by atoms with Crippen LogP contribution in [0.15, 0.2) is 29.3 Å². The van der Waals surface area contributed by atoms with Crippen LogP contribution in [0.2, 0.25) is 0 Å². The molecular weight excluding hydrogens is 539 g/mol. The van der Waals surface area contributed by atoms with E-state index >= 15 is 0 Å². The van der Waals surface area contributed by atoms with Crippen LogP contribution in [0.25, 0.3) is 0 Å². The zero-order valence-corrected chi connectivity index (χ0v) is 25.5. The molecule has 1 aromatic carbocycles. The highest BCUT2D eigenvalue weighted by atomic mass is 16.7. The number of aliphatic imine (C=N–C) groups is 1. The molecule has 5 rings (SSSR count). The van der Waals surface area contributed by atoms with Gasteiger partial charge in [-0.15, -0.1) is 0 Å². The highest BCUT2D eigenvalue weighted by Crippen LogP contribution is 2.65. The van der Waals surface area contributed by atoms with E-state index < -0.39 is 29.7 Å². The largest absolute Gasteiger partial charge is 0.481 e. The summed E-state index contributed by atoms with van der Waals surface area (Å²) in [6.45, 7) is 12.9. The van der Waals surface area contributed by atoms with E-state index in [0.29, 0.717) is 30.2 Å². The van der Waals surface area contributed by atoms with E-state index in [2.05, 4.69) is 50.2 Å². The van der Waals surface area contributed by atoms with Crippen LogP contribution in [0.1, 0.15) is 82.6 Å². The lowest BCUT2D eigenvalue weighted by Crippen LogP contribution is -2.65. The average Bonchev–Trinajstić information content (AvgIpc) is 3.26. The first-order valence-corrected chi connectivity index (χ1v) is 14.9. The minimum Gasteiger partial charge on any atom is -0.404 e. The van der Waals surface area contributed by atoms with Gasteiger partial charge in [0.2, 0.25) is 5.91 Å². The SMILES string of the molecule is Cc1ccccc1C(=O)N[C@@H](CCCN=C(N)N[N+](=O)[O-])C(=O)N[C@@H](CC(C)C)B1O[C@@H]2C[C@H]3C[C@H](C3(C)C)[C@]2(C)O1. The molecule has 2 amide bonds. The number of rotatable bonds is 12. The smallest absolute Gasteiger partial charge is 0.404 e. The minimum atomic E-state index is -0.877. The molecule has 0 aromatic heterocycles. The lowest BCUT2D eigenvalue weighted by molar-refractivity contribution is -0.525. The van der Waals surface area contributed by atoms with Crippen LogP contribution in [-0.4, -0.2) is 60.2 Å². The third kappa shape index (κ3) is 6.72. The molecule has 42 heavy (non-hydrogen) atoms. The molecule has 0 spiro atoms. The van der Waals surface area contributed by atoms with Crippen LogP contribution in [0.5, 0.6) is 0 Å². The van der Waals surface area contributed by atoms with Crippen molar-refractivity contribution in [3.8, 4) is 0 Å². The van der Waals surface area contributed by atoms with Gasteiger partial charge in [0.1, 0.15) is 6.04 Å². The maximum absolute atomic E-state index is 13.8. The number of hydrogen-bond donors (Lipinski definition) is 4. The molecule has 4 aliphatic rings. The van der Waals surface area contributed by atoms with E-state index in [4.69, 9.17) is 15.0 Å². The van der Waals surface area contributed by atoms with E-state index in [9.17, 15) is 19.7 Å². The van der Waals surface area contributed by atoms with E-state index in [1.165, 1.54) is 0 Å². The molecule has 13 heteroatoms. The molecule has 3 aliphatic carbocycles. The first-order chi connectivity index (χ1) is 19.7. The summed E-state index contributed by atoms with van der Waals surface area (Å²) in [7, 11) is -0.591. The van der Waals surface area contributed by atoms with Crippen LogP contribution in [0.4, 0.5) is 0 Å². The fourth-order valence-corrected chi connectivity index (χ4v) is 7.06. The van der Waals surface area contributed by atoms with E-state index in [-0.39, 0.29) is 48.2 Å². The fraction of sp³-hybridized carbons (Fsp3) is 0.690. The summed E-state index contributed by atoms with van der Waals surface area (Å²) in [5, 5.41) is 15.8. The van der Waals surface area contributed by atoms with Gasteiger partial charge in [0, 0.05) is 12.1 Å². The van der Waals surface area contributed by atoms with E-state index in [1.54, 1.807) is 17.6 Å². The van der Waals surface area contributed by atoms with Crippen molar-refractivity contribution in [1.29, 1.82) is 0 Å². The minimum absolute atomic E-state index is 0.0153. The maximum Gasteiger partial charge on any atom is 0.481 e. The molecule has 1 heterocycles. The van der Waals surface area contributed by atoms with E-state index in [1.807, 2.05) is 19.1 Å². The summed E-state index contributed by atoms with van der Waals surface area (Å²) >= 11 is 0. The number of benzene rings is 1. The zero-order valence-electron chi connectivity index (χ0n) is 25.5. The third-order valence-electron chi connectivity index (χ3n) is 9.50. The van der Waals surface area contributed by atoms with Crippen molar-refractivity contribution in [2.45, 2.75) is 97.3 Å². The Morgan fingerprint density at radius 3 is 2.57 bits per heavy atom. The number of carbonyl (C=O) groups is 2. The number of nitrogens with one attached hydrogen (secondary N) is 3. The summed E-state index contributed by atoms with van der Waals surface area (Å²) < 4.78 is 13.2. The molecule has 2 bridgehead atoms. The molecule has 6 atom stereocenters. The number of aryl methyl sites for hydroxylation is 1. The number of nitrogens with two attached hydrogens (primary N) is 1. The average molecular weight is 585 g/mol. The summed E-state index contributed by atoms with van der Waals surface area (Å²) in [6.07, 6.45) is 3.31. The van der Waals surface area contributed by atoms with Crippen LogP contribution >= 0.6 is 0 Å². The second kappa shape index (κ2) is 12.6. The van der Waals surface area contributed by atoms with Gasteiger partial charge in [0.15, 0.2) is 5.03 Å². The second-order valence-electron chi connectivity index (χ2n) is 13.2. The second-order valence-corrected chi connectivity index (χ2v) is 13.2. The number of hydrogen-bond acceptors (Lipinski definition) is 7. The first-order valence-electron chi connectivity index (χ1n) is 14.9. The normalized spacial score (nSPS) is 27.5. The lowest BCUT2D eigenvalue weighted by atomic mass is 9.43. The fourth-order valence-electron chi connectivity index (χ4n) is 7.06. The topological polar surface area (TPSA) is 170 Å². The molecule has 1 aromatic rings. The molecule has 0 radical (unpaired) electrons. The lowest BCUT2D eigenvalue weighted by Gasteiger charge is -2.64. The first kappa shape index (κ1) is 31.7. The van der Waals surface area contributed by atoms with Crippen LogP contribution in [-0.2, 0) is 14.1 Å². The Kier molecular flexibility index (Phi) is 9.51. The predicted octanol–water partition coefficient (Wildman–Crippen LogP) is 2.77. The number of nitro groups is 1. The summed E-state index contributed by atoms with van der Waals surface area (Å²) in [6, 6.07) is 6.29. The van der Waals surface area contributed by atoms with Gasteiger partial charge in [-0.1, -0.05) is 51.3 Å². The molecule has 0 unspecified atom stereocenters. The Hall–Kier alpha value is -3.19. The van der Waals surface area contributed by atoms with Crippen molar-refractivity contribution in [3.05, 3.63) is 45.5 Å². The molecular formula is C29H45BN6O6. The van der Waals surface area contributed by atoms with Gasteiger partial charge >= 0.3 is 7.12 Å². The predicted molar refractivity (Wildman–Crippen MR) is 160 cm³/mol. The van der Waals surface area contributed by atoms with Gasteiger partial charge in [-0.25, -0.2) is 15.1 Å². The number of hydrazine groups is 1. The third-order valence-corrected chi connectivity index (χ3v) is 9.50. The van der Waals surface area contributed by atoms with Crippen LogP contribution in [0.3, 0.4) is 0 Å². The quantitative estimate of drug-likeness (QED) is 0.0726. The zero-order chi connectivity index (χ0) is 30.8. The Balaban J connectivity index is 1.48. The van der Waals surface area contributed by atoms with Crippen molar-refractivity contribution in [3.63, 3.8) is 0 Å². The van der Waals surface area contributed by atoms with Crippen molar-refractivity contribution < 1.29 is 23.9 Å². The number of carbonyl (C=O) groups excluding carboxylic acids is 2. The standard InChI is InChI=1S/C29H45BN6O6/c1-17(2)14-24(30-41-23-16-19-15-22(28(19,4)5)29(23,6)42-30)34-26(38)21(12-9-13-32-27(31)35-36(39)40)33-25(37)20-11-8-7-10-18(20)3/h7-8,10-11,17,19,21-24H,9,12-16H2,1-6H3,(H,33,37)(H,34,38)(H3,31,32,35)/t19-,21+,22-,23-,24+,29+/m1/s1. The Morgan fingerprint density at radius 1 is 1.21 bits per heavy atom. The number of nitrogens with zero attached hydrogens (tertiary/aromatic N) is 2. The summed E-state index contributed by atoms with van der Waals surface area (Å²) in [4.78, 5) is 41.5. The number of guanidine groups is 1. The van der Waals surface area contributed by atoms with Crippen molar-refractivity contribution in [2.75, 3.05) is 6.54 Å². The van der Waals surface area contributed by atoms with Crippen LogP contribution < -0.4 is 21.8 Å². The Morgan fingerprint density at radius 2 is 1.93 bits per heavy atom. The van der Waals surface area contributed by atoms with Crippen molar-refractivity contribution in [1.82, 2.24) is 16.1 Å². The summed E-state index contributed by atoms with van der Waals surface area (Å²) in [5.41, 5.74) is 8.38. The Bertz CT molecular complexity index is 1210. The van der Waals surface area contributed by atoms with Crippen LogP contribution in [0, 0.1) is 40.2 Å². The van der Waals surface area contributed by atoms with Crippen molar-refractivity contribution in [2.24, 2.45) is 33.9 Å². The van der Waals surface area contributed by atoms with Gasteiger partial charge < -0.3 is 25.7 Å². The molecule has 5 N–H and O–H groups in total. The highest BCUT2D eigenvalue weighted by Gasteiger charge is 2.68. The van der Waals surface area contributed by atoms with Gasteiger partial charge in [-0.3, -0.25) is 9.59 Å². The summed E-state index contributed by atoms with van der Waals surface area (Å²) in [5.74, 6) is -0.174. The van der Waals surface area contributed by atoms with Gasteiger partial charge in [-0.2, -0.15) is 0 Å². The molecule has 12 nitrogen and oxygen atoms in total. The molecule has 1 aliphatic heterocycles. The highest BCUT2D eigenvalue weighted by molar-refractivity contribution is 6.48. The molecule has 4 fully saturated rings.